The van der Waals surface area contributed by atoms with Crippen LogP contribution in [0.25, 0.3) is 0 Å². The van der Waals surface area contributed by atoms with Gasteiger partial charge in [0.15, 0.2) is 0 Å². The van der Waals surface area contributed by atoms with Crippen LogP contribution in [0.1, 0.15) is 16.8 Å². The van der Waals surface area contributed by atoms with Gasteiger partial charge in [-0.3, -0.25) is 14.6 Å². The minimum atomic E-state index is -4.64. The highest BCUT2D eigenvalue weighted by atomic mass is 32.2. The minimum absolute atomic E-state index is 0.157. The molecule has 0 aliphatic heterocycles. The monoisotopic (exact) mass is 512 g/mol. The number of nitrogens with zero attached hydrogens (tertiary/aromatic N) is 2. The van der Waals surface area contributed by atoms with Crippen LogP contribution in [-0.2, 0) is 4.18 Å². The summed E-state index contributed by atoms with van der Waals surface area (Å²) < 4.78 is 85.3. The molecule has 0 spiro atoms. The van der Waals surface area contributed by atoms with Crippen molar-refractivity contribution >= 4 is 41.4 Å². The van der Waals surface area contributed by atoms with Crippen LogP contribution in [0.2, 0.25) is 0 Å². The van der Waals surface area contributed by atoms with E-state index in [0.717, 1.165) is 54.3 Å². The SMILES string of the molecule is COSCCCN(C(=O)N(C)C(=O)c1c(F)cccc1F)c1ccc(SC(F)(F)F)cc1F. The maximum Gasteiger partial charge on any atom is 0.446 e. The molecule has 2 aromatic rings. The Kier molecular flexibility index (Phi) is 9.49. The van der Waals surface area contributed by atoms with Gasteiger partial charge in [0.1, 0.15) is 23.0 Å². The molecule has 13 heteroatoms. The average Bonchev–Trinajstić information content (AvgIpc) is 2.72. The summed E-state index contributed by atoms with van der Waals surface area (Å²) in [5.74, 6) is -4.47. The number of thioether (sulfide) groups is 1. The Morgan fingerprint density at radius 2 is 1.67 bits per heavy atom. The van der Waals surface area contributed by atoms with Gasteiger partial charge in [-0.1, -0.05) is 6.07 Å². The molecule has 0 aromatic heterocycles. The number of benzene rings is 2. The highest BCUT2D eigenvalue weighted by molar-refractivity contribution is 8.00. The first-order valence-corrected chi connectivity index (χ1v) is 10.9. The van der Waals surface area contributed by atoms with Gasteiger partial charge in [-0.2, -0.15) is 13.2 Å². The van der Waals surface area contributed by atoms with Crippen molar-refractivity contribution in [3.63, 3.8) is 0 Å². The molecule has 0 bridgehead atoms. The van der Waals surface area contributed by atoms with Crippen LogP contribution in [0.3, 0.4) is 0 Å². The van der Waals surface area contributed by atoms with E-state index in [1.54, 1.807) is 0 Å². The van der Waals surface area contributed by atoms with Crippen LogP contribution >= 0.6 is 23.8 Å². The Hall–Kier alpha value is -2.38. The number of imide groups is 1. The van der Waals surface area contributed by atoms with E-state index in [1.807, 2.05) is 0 Å². The topological polar surface area (TPSA) is 49.9 Å². The molecule has 0 heterocycles. The van der Waals surface area contributed by atoms with Crippen molar-refractivity contribution in [3.8, 4) is 0 Å². The van der Waals surface area contributed by atoms with Crippen molar-refractivity contribution in [1.82, 2.24) is 4.90 Å². The lowest BCUT2D eigenvalue weighted by Crippen LogP contribution is -2.45. The zero-order chi connectivity index (χ0) is 24.8. The highest BCUT2D eigenvalue weighted by Crippen LogP contribution is 2.38. The first-order valence-electron chi connectivity index (χ1n) is 9.20. The number of halogens is 6. The van der Waals surface area contributed by atoms with Crippen molar-refractivity contribution in [2.24, 2.45) is 0 Å². The third kappa shape index (κ3) is 7.30. The standard InChI is InChI=1S/C20H18F6N2O3S2/c1-27(18(29)17-13(21)5-3-6-14(17)22)19(30)28(9-4-10-32-31-2)16-8-7-12(11-15(16)23)33-20(24,25)26/h3,5-8,11H,4,9-10H2,1-2H3. The smallest absolute Gasteiger partial charge is 0.319 e. The number of rotatable bonds is 8. The molecule has 33 heavy (non-hydrogen) atoms. The third-order valence-corrected chi connectivity index (χ3v) is 5.58. The molecular weight excluding hydrogens is 494 g/mol. The Morgan fingerprint density at radius 3 is 2.21 bits per heavy atom. The van der Waals surface area contributed by atoms with Crippen LogP contribution in [0, 0.1) is 17.5 Å². The number of urea groups is 1. The number of hydrogen-bond donors (Lipinski definition) is 0. The molecule has 5 nitrogen and oxygen atoms in total. The zero-order valence-electron chi connectivity index (χ0n) is 17.3. The summed E-state index contributed by atoms with van der Waals surface area (Å²) >= 11 is 0.514. The lowest BCUT2D eigenvalue weighted by atomic mass is 10.1. The van der Waals surface area contributed by atoms with E-state index in [2.05, 4.69) is 0 Å². The predicted octanol–water partition coefficient (Wildman–Crippen LogP) is 6.10. The molecule has 0 saturated carbocycles. The number of carbonyl (C=O) groups excluding carboxylic acids is 2. The van der Waals surface area contributed by atoms with Gasteiger partial charge >= 0.3 is 11.5 Å². The van der Waals surface area contributed by atoms with Gasteiger partial charge in [-0.05, 0) is 60.6 Å². The minimum Gasteiger partial charge on any atom is -0.319 e. The fraction of sp³-hybridized carbons (Fsp3) is 0.300. The normalized spacial score (nSPS) is 11.4. The summed E-state index contributed by atoms with van der Waals surface area (Å²) in [6, 6.07) is 4.14. The maximum absolute atomic E-state index is 14.7. The van der Waals surface area contributed by atoms with E-state index in [9.17, 15) is 35.9 Å². The Labute approximate surface area is 194 Å². The van der Waals surface area contributed by atoms with Gasteiger partial charge in [0, 0.05) is 24.2 Å². The first-order chi connectivity index (χ1) is 15.5. The molecule has 0 aliphatic rings. The number of alkyl halides is 3. The van der Waals surface area contributed by atoms with Gasteiger partial charge in [-0.15, -0.1) is 0 Å². The van der Waals surface area contributed by atoms with Crippen molar-refractivity contribution in [2.75, 3.05) is 31.4 Å². The molecular formula is C20H18F6N2O3S2. The summed E-state index contributed by atoms with van der Waals surface area (Å²) in [5.41, 5.74) is -6.01. The largest absolute Gasteiger partial charge is 0.446 e. The fourth-order valence-corrected chi connectivity index (χ4v) is 3.70. The molecule has 0 unspecified atom stereocenters. The lowest BCUT2D eigenvalue weighted by Gasteiger charge is -2.28. The average molecular weight is 512 g/mol. The van der Waals surface area contributed by atoms with E-state index in [0.29, 0.717) is 16.7 Å². The van der Waals surface area contributed by atoms with Crippen molar-refractivity contribution in [2.45, 2.75) is 16.8 Å². The van der Waals surface area contributed by atoms with E-state index < -0.39 is 62.8 Å². The van der Waals surface area contributed by atoms with Crippen LogP contribution in [0.4, 0.5) is 36.8 Å². The van der Waals surface area contributed by atoms with Gasteiger partial charge in [-0.25, -0.2) is 18.0 Å². The van der Waals surface area contributed by atoms with E-state index in [1.165, 1.54) is 7.11 Å². The van der Waals surface area contributed by atoms with Gasteiger partial charge in [0.2, 0.25) is 0 Å². The molecule has 0 fully saturated rings. The van der Waals surface area contributed by atoms with Crippen LogP contribution in [0.5, 0.6) is 0 Å². The summed E-state index contributed by atoms with van der Waals surface area (Å²) in [6.45, 7) is -0.157. The number of hydrogen-bond acceptors (Lipinski definition) is 5. The molecule has 2 rings (SSSR count). The van der Waals surface area contributed by atoms with Gasteiger partial charge < -0.3 is 4.18 Å². The van der Waals surface area contributed by atoms with E-state index in [-0.39, 0.29) is 13.0 Å². The van der Waals surface area contributed by atoms with Crippen LogP contribution in [0.15, 0.2) is 41.3 Å². The van der Waals surface area contributed by atoms with E-state index >= 15 is 0 Å². The molecule has 0 atom stereocenters. The van der Waals surface area contributed by atoms with Crippen molar-refractivity contribution in [3.05, 3.63) is 59.4 Å². The van der Waals surface area contributed by atoms with Gasteiger partial charge in [0.25, 0.3) is 5.91 Å². The molecule has 0 N–H and O–H groups in total. The number of amides is 3. The molecule has 0 aliphatic carbocycles. The van der Waals surface area contributed by atoms with E-state index in [4.69, 9.17) is 4.18 Å². The predicted molar refractivity (Wildman–Crippen MR) is 114 cm³/mol. The second-order valence-corrected chi connectivity index (χ2v) is 8.51. The summed E-state index contributed by atoms with van der Waals surface area (Å²) in [5, 5.41) is 0. The van der Waals surface area contributed by atoms with Gasteiger partial charge in [0.05, 0.1) is 12.8 Å². The maximum atomic E-state index is 14.7. The Morgan fingerprint density at radius 1 is 1.03 bits per heavy atom. The first kappa shape index (κ1) is 26.9. The third-order valence-electron chi connectivity index (χ3n) is 4.17. The molecule has 0 saturated heterocycles. The fourth-order valence-electron chi connectivity index (χ4n) is 2.73. The molecule has 3 amide bonds. The summed E-state index contributed by atoms with van der Waals surface area (Å²) in [6.07, 6.45) is 0.249. The van der Waals surface area contributed by atoms with Crippen molar-refractivity contribution < 1.29 is 40.1 Å². The number of carbonyl (C=O) groups is 2. The zero-order valence-corrected chi connectivity index (χ0v) is 18.9. The van der Waals surface area contributed by atoms with Crippen LogP contribution < -0.4 is 4.90 Å². The summed E-state index contributed by atoms with van der Waals surface area (Å²) in [7, 11) is 2.37. The Balaban J connectivity index is 2.36. The second-order valence-electron chi connectivity index (χ2n) is 6.40. The Bertz CT molecular complexity index is 986. The van der Waals surface area contributed by atoms with Crippen molar-refractivity contribution in [1.29, 1.82) is 0 Å². The second kappa shape index (κ2) is 11.7. The highest BCUT2D eigenvalue weighted by Gasteiger charge is 2.32. The molecule has 0 radical (unpaired) electrons. The molecule has 2 aromatic carbocycles. The quantitative estimate of drug-likeness (QED) is 0.185. The lowest BCUT2D eigenvalue weighted by molar-refractivity contribution is -0.0328. The number of anilines is 1. The van der Waals surface area contributed by atoms with Crippen LogP contribution in [-0.4, -0.2) is 48.8 Å². The molecule has 180 valence electrons. The summed E-state index contributed by atoms with van der Waals surface area (Å²) in [4.78, 5) is 26.4.